The quantitative estimate of drug-likeness (QED) is 0.503. The monoisotopic (exact) mass is 501 g/mol. The zero-order valence-corrected chi connectivity index (χ0v) is 20.9. The van der Waals surface area contributed by atoms with Gasteiger partial charge in [0.25, 0.3) is 5.56 Å². The molecule has 2 amide bonds. The van der Waals surface area contributed by atoms with E-state index in [9.17, 15) is 14.4 Å². The lowest BCUT2D eigenvalue weighted by molar-refractivity contribution is -0.131. The minimum Gasteiger partial charge on any atom is -0.368 e. The van der Waals surface area contributed by atoms with Crippen molar-refractivity contribution in [3.63, 3.8) is 0 Å². The molecule has 3 aromatic rings. The maximum atomic E-state index is 12.7. The number of hydrogen-bond donors (Lipinski definition) is 1. The molecule has 3 heterocycles. The van der Waals surface area contributed by atoms with E-state index < -0.39 is 0 Å². The molecule has 0 aliphatic carbocycles. The number of halogens is 1. The maximum absolute atomic E-state index is 12.7. The van der Waals surface area contributed by atoms with Crippen LogP contribution < -0.4 is 15.8 Å². The molecular formula is C24H28ClN5O3S. The van der Waals surface area contributed by atoms with Crippen molar-refractivity contribution >= 4 is 50.7 Å². The summed E-state index contributed by atoms with van der Waals surface area (Å²) in [6.45, 7) is 7.01. The number of hydrogen-bond acceptors (Lipinski definition) is 6. The fourth-order valence-corrected chi connectivity index (χ4v) is 5.28. The van der Waals surface area contributed by atoms with Crippen LogP contribution >= 0.6 is 22.9 Å². The molecule has 2 aromatic heterocycles. The van der Waals surface area contributed by atoms with Crippen LogP contribution in [0.15, 0.2) is 35.4 Å². The highest BCUT2D eigenvalue weighted by atomic mass is 35.5. The molecule has 1 aliphatic heterocycles. The van der Waals surface area contributed by atoms with E-state index in [0.717, 1.165) is 29.2 Å². The number of aryl methyl sites for hydroxylation is 2. The van der Waals surface area contributed by atoms with E-state index in [1.54, 1.807) is 0 Å². The van der Waals surface area contributed by atoms with E-state index in [1.807, 2.05) is 43.0 Å². The van der Waals surface area contributed by atoms with Gasteiger partial charge in [-0.3, -0.25) is 19.0 Å². The van der Waals surface area contributed by atoms with Gasteiger partial charge in [-0.1, -0.05) is 17.7 Å². The number of amides is 2. The average Bonchev–Trinajstić information content (AvgIpc) is 3.12. The smallest absolute Gasteiger partial charge is 0.262 e. The molecule has 0 unspecified atom stereocenters. The predicted octanol–water partition coefficient (Wildman–Crippen LogP) is 2.97. The lowest BCUT2D eigenvalue weighted by Gasteiger charge is -2.36. The molecule has 4 rings (SSSR count). The Morgan fingerprint density at radius 1 is 1.18 bits per heavy atom. The summed E-state index contributed by atoms with van der Waals surface area (Å²) in [5.41, 5.74) is 1.79. The van der Waals surface area contributed by atoms with Crippen molar-refractivity contribution in [2.45, 2.75) is 33.2 Å². The zero-order chi connectivity index (χ0) is 24.2. The zero-order valence-electron chi connectivity index (χ0n) is 19.3. The number of anilines is 1. The minimum absolute atomic E-state index is 0.0878. The van der Waals surface area contributed by atoms with E-state index in [4.69, 9.17) is 11.6 Å². The Morgan fingerprint density at radius 3 is 2.68 bits per heavy atom. The summed E-state index contributed by atoms with van der Waals surface area (Å²) < 4.78 is 1.33. The van der Waals surface area contributed by atoms with Crippen molar-refractivity contribution in [3.05, 3.63) is 56.4 Å². The first-order valence-corrected chi connectivity index (χ1v) is 12.5. The van der Waals surface area contributed by atoms with E-state index in [2.05, 4.69) is 15.2 Å². The molecule has 0 saturated carbocycles. The summed E-state index contributed by atoms with van der Waals surface area (Å²) in [6.07, 6.45) is 2.35. The highest BCUT2D eigenvalue weighted by Crippen LogP contribution is 2.25. The first kappa shape index (κ1) is 24.2. The van der Waals surface area contributed by atoms with Gasteiger partial charge in [0.2, 0.25) is 11.8 Å². The lowest BCUT2D eigenvalue weighted by atomic mass is 10.2. The van der Waals surface area contributed by atoms with Gasteiger partial charge in [0.05, 0.1) is 11.7 Å². The summed E-state index contributed by atoms with van der Waals surface area (Å²) in [7, 11) is 0. The average molecular weight is 502 g/mol. The van der Waals surface area contributed by atoms with Gasteiger partial charge in [-0.25, -0.2) is 4.98 Å². The van der Waals surface area contributed by atoms with Crippen LogP contribution in [0.3, 0.4) is 0 Å². The van der Waals surface area contributed by atoms with Crippen LogP contribution in [0, 0.1) is 13.8 Å². The molecule has 1 aromatic carbocycles. The Hall–Kier alpha value is -2.91. The number of carbonyl (C=O) groups is 2. The van der Waals surface area contributed by atoms with Gasteiger partial charge in [-0.05, 0) is 44.0 Å². The van der Waals surface area contributed by atoms with Gasteiger partial charge in [0.1, 0.15) is 11.4 Å². The fourth-order valence-electron chi connectivity index (χ4n) is 4.11. The highest BCUT2D eigenvalue weighted by molar-refractivity contribution is 7.18. The Morgan fingerprint density at radius 2 is 1.94 bits per heavy atom. The molecule has 8 nitrogen and oxygen atoms in total. The summed E-state index contributed by atoms with van der Waals surface area (Å²) in [6, 6.07) is 7.74. The van der Waals surface area contributed by atoms with Gasteiger partial charge in [0, 0.05) is 54.7 Å². The first-order valence-electron chi connectivity index (χ1n) is 11.3. The Bertz CT molecular complexity index is 1260. The summed E-state index contributed by atoms with van der Waals surface area (Å²) in [5.74, 6) is -0.176. The number of rotatable bonds is 7. The van der Waals surface area contributed by atoms with E-state index >= 15 is 0 Å². The SMILES string of the molecule is Cc1sc2ncn(CC(=O)NCCCC(=O)N3CCN(c4cccc(Cl)c4)CC3)c(=O)c2c1C. The van der Waals surface area contributed by atoms with Crippen molar-refractivity contribution in [1.82, 2.24) is 19.8 Å². The molecule has 34 heavy (non-hydrogen) atoms. The number of thiophene rings is 1. The maximum Gasteiger partial charge on any atom is 0.262 e. The minimum atomic E-state index is -0.268. The van der Waals surface area contributed by atoms with Gasteiger partial charge < -0.3 is 15.1 Å². The van der Waals surface area contributed by atoms with Gasteiger partial charge in [0.15, 0.2) is 0 Å². The number of nitrogens with zero attached hydrogens (tertiary/aromatic N) is 4. The number of carbonyl (C=O) groups excluding carboxylic acids is 2. The molecular weight excluding hydrogens is 474 g/mol. The number of piperazine rings is 1. The van der Waals surface area contributed by atoms with Crippen molar-refractivity contribution in [1.29, 1.82) is 0 Å². The molecule has 0 spiro atoms. The molecule has 1 N–H and O–H groups in total. The van der Waals surface area contributed by atoms with Crippen LogP contribution in [0.1, 0.15) is 23.3 Å². The van der Waals surface area contributed by atoms with Gasteiger partial charge >= 0.3 is 0 Å². The van der Waals surface area contributed by atoms with E-state index in [1.165, 1.54) is 22.2 Å². The van der Waals surface area contributed by atoms with Crippen LogP contribution in [0.4, 0.5) is 5.69 Å². The van der Waals surface area contributed by atoms with Crippen molar-refractivity contribution in [2.24, 2.45) is 0 Å². The van der Waals surface area contributed by atoms with Gasteiger partial charge in [-0.15, -0.1) is 11.3 Å². The molecule has 10 heteroatoms. The molecule has 180 valence electrons. The van der Waals surface area contributed by atoms with Crippen molar-refractivity contribution < 1.29 is 9.59 Å². The third kappa shape index (κ3) is 5.42. The standard InChI is InChI=1S/C24H28ClN5O3S/c1-16-17(2)34-23-22(16)24(33)30(15-27-23)14-20(31)26-8-4-7-21(32)29-11-9-28(10-12-29)19-6-3-5-18(25)13-19/h3,5-6,13,15H,4,7-12,14H2,1-2H3,(H,26,31). The van der Waals surface area contributed by atoms with Crippen molar-refractivity contribution in [3.8, 4) is 0 Å². The second-order valence-electron chi connectivity index (χ2n) is 8.44. The first-order chi connectivity index (χ1) is 16.3. The van der Waals surface area contributed by atoms with Gasteiger partial charge in [-0.2, -0.15) is 0 Å². The lowest BCUT2D eigenvalue weighted by Crippen LogP contribution is -2.48. The van der Waals surface area contributed by atoms with Crippen LogP contribution in [0.5, 0.6) is 0 Å². The van der Waals surface area contributed by atoms with E-state index in [0.29, 0.717) is 47.7 Å². The predicted molar refractivity (Wildman–Crippen MR) is 136 cm³/mol. The molecule has 1 fully saturated rings. The molecule has 0 radical (unpaired) electrons. The molecule has 1 aliphatic rings. The molecule has 0 atom stereocenters. The van der Waals surface area contributed by atoms with Crippen LogP contribution in [-0.2, 0) is 16.1 Å². The molecule has 0 bridgehead atoms. The largest absolute Gasteiger partial charge is 0.368 e. The number of nitrogens with one attached hydrogen (secondary N) is 1. The number of aromatic nitrogens is 2. The van der Waals surface area contributed by atoms with Crippen LogP contribution in [-0.4, -0.2) is 59.0 Å². The van der Waals surface area contributed by atoms with E-state index in [-0.39, 0.29) is 23.9 Å². The van der Waals surface area contributed by atoms with Crippen LogP contribution in [0.2, 0.25) is 5.02 Å². The summed E-state index contributed by atoms with van der Waals surface area (Å²) in [4.78, 5) is 47.8. The van der Waals surface area contributed by atoms with Crippen molar-refractivity contribution in [2.75, 3.05) is 37.6 Å². The summed E-state index contributed by atoms with van der Waals surface area (Å²) in [5, 5.41) is 4.09. The highest BCUT2D eigenvalue weighted by Gasteiger charge is 2.21. The topological polar surface area (TPSA) is 87.5 Å². The normalized spacial score (nSPS) is 14.0. The molecule has 1 saturated heterocycles. The Kier molecular flexibility index (Phi) is 7.53. The third-order valence-corrected chi connectivity index (χ3v) is 7.52. The second-order valence-corrected chi connectivity index (χ2v) is 10.1. The number of fused-ring (bicyclic) bond motifs is 1. The second kappa shape index (κ2) is 10.6. The van der Waals surface area contributed by atoms with Crippen LogP contribution in [0.25, 0.3) is 10.2 Å². The Balaban J connectivity index is 1.20. The fraction of sp³-hybridized carbons (Fsp3) is 0.417. The Labute approximate surface area is 207 Å². The number of benzene rings is 1. The summed E-state index contributed by atoms with van der Waals surface area (Å²) >= 11 is 7.56. The third-order valence-electron chi connectivity index (χ3n) is 6.17.